The number of rotatable bonds is 8. The average molecular weight is 389 g/mol. The zero-order valence-corrected chi connectivity index (χ0v) is 17.7. The largest absolute Gasteiger partial charge is 0.496 e. The number of amides is 1. The standard InChI is InChI=1S/C23H36N2O3/c1-18(2)14-25(23(26)21-10-13-28-17-21)15-19-8-11-24(12-9-19)16-20-6-4-5-7-22(20)27-3/h4-7,18-19,21H,8-17H2,1-3H3/t21-/m1/s1. The Morgan fingerprint density at radius 3 is 2.64 bits per heavy atom. The normalized spacial score (nSPS) is 21.2. The van der Waals surface area contributed by atoms with Gasteiger partial charge in [-0.25, -0.2) is 0 Å². The van der Waals surface area contributed by atoms with E-state index in [9.17, 15) is 4.79 Å². The van der Waals surface area contributed by atoms with Crippen LogP contribution in [0.4, 0.5) is 0 Å². The fraction of sp³-hybridized carbons (Fsp3) is 0.696. The SMILES string of the molecule is COc1ccccc1CN1CCC(CN(CC(C)C)C(=O)[C@@H]2CCOC2)CC1. The van der Waals surface area contributed by atoms with Crippen molar-refractivity contribution in [3.05, 3.63) is 29.8 Å². The molecule has 2 aliphatic heterocycles. The number of carbonyl (C=O) groups excluding carboxylic acids is 1. The average Bonchev–Trinajstić information content (AvgIpc) is 3.23. The van der Waals surface area contributed by atoms with Crippen molar-refractivity contribution < 1.29 is 14.3 Å². The lowest BCUT2D eigenvalue weighted by Gasteiger charge is -2.36. The minimum Gasteiger partial charge on any atom is -0.496 e. The van der Waals surface area contributed by atoms with Crippen LogP contribution in [0.25, 0.3) is 0 Å². The van der Waals surface area contributed by atoms with Gasteiger partial charge in [-0.3, -0.25) is 9.69 Å². The predicted molar refractivity (Wildman–Crippen MR) is 111 cm³/mol. The fourth-order valence-corrected chi connectivity index (χ4v) is 4.40. The van der Waals surface area contributed by atoms with Crippen LogP contribution in [0.15, 0.2) is 24.3 Å². The smallest absolute Gasteiger partial charge is 0.228 e. The van der Waals surface area contributed by atoms with Crippen molar-refractivity contribution in [1.82, 2.24) is 9.80 Å². The van der Waals surface area contributed by atoms with Crippen molar-refractivity contribution in [1.29, 1.82) is 0 Å². The number of benzene rings is 1. The van der Waals surface area contributed by atoms with Gasteiger partial charge in [-0.15, -0.1) is 0 Å². The van der Waals surface area contributed by atoms with E-state index in [1.807, 2.05) is 12.1 Å². The van der Waals surface area contributed by atoms with Crippen LogP contribution in [0.1, 0.15) is 38.7 Å². The minimum absolute atomic E-state index is 0.0735. The lowest BCUT2D eigenvalue weighted by molar-refractivity contribution is -0.137. The number of hydrogen-bond acceptors (Lipinski definition) is 4. The van der Waals surface area contributed by atoms with Crippen molar-refractivity contribution in [2.45, 2.75) is 39.7 Å². The Balaban J connectivity index is 1.51. The molecule has 28 heavy (non-hydrogen) atoms. The van der Waals surface area contributed by atoms with E-state index in [0.29, 0.717) is 24.3 Å². The number of methoxy groups -OCH3 is 1. The molecule has 5 nitrogen and oxygen atoms in total. The van der Waals surface area contributed by atoms with Crippen LogP contribution in [-0.4, -0.2) is 62.2 Å². The molecule has 2 fully saturated rings. The maximum atomic E-state index is 13.0. The van der Waals surface area contributed by atoms with Gasteiger partial charge in [-0.05, 0) is 50.3 Å². The van der Waals surface area contributed by atoms with E-state index >= 15 is 0 Å². The third-order valence-corrected chi connectivity index (χ3v) is 5.95. The van der Waals surface area contributed by atoms with E-state index in [2.05, 4.69) is 35.8 Å². The number of hydrogen-bond donors (Lipinski definition) is 0. The van der Waals surface area contributed by atoms with Crippen molar-refractivity contribution in [2.24, 2.45) is 17.8 Å². The van der Waals surface area contributed by atoms with E-state index in [-0.39, 0.29) is 5.92 Å². The van der Waals surface area contributed by atoms with Crippen LogP contribution in [0.2, 0.25) is 0 Å². The summed E-state index contributed by atoms with van der Waals surface area (Å²) in [5, 5.41) is 0. The first kappa shape index (κ1) is 21.1. The zero-order chi connectivity index (χ0) is 19.9. The first-order valence-corrected chi connectivity index (χ1v) is 10.8. The Hall–Kier alpha value is -1.59. The second kappa shape index (κ2) is 10.3. The third-order valence-electron chi connectivity index (χ3n) is 5.95. The van der Waals surface area contributed by atoms with E-state index in [1.165, 1.54) is 5.56 Å². The number of piperidine rings is 1. The van der Waals surface area contributed by atoms with Gasteiger partial charge >= 0.3 is 0 Å². The summed E-state index contributed by atoms with van der Waals surface area (Å²) in [6, 6.07) is 8.28. The molecule has 0 radical (unpaired) electrons. The molecule has 1 aromatic rings. The molecule has 0 aromatic heterocycles. The summed E-state index contributed by atoms with van der Waals surface area (Å²) in [6.07, 6.45) is 3.18. The second-order valence-corrected chi connectivity index (χ2v) is 8.73. The van der Waals surface area contributed by atoms with Gasteiger partial charge in [-0.1, -0.05) is 32.0 Å². The van der Waals surface area contributed by atoms with Gasteiger partial charge in [0.25, 0.3) is 0 Å². The van der Waals surface area contributed by atoms with Gasteiger partial charge in [0.15, 0.2) is 0 Å². The Morgan fingerprint density at radius 1 is 1.25 bits per heavy atom. The number of likely N-dealkylation sites (tertiary alicyclic amines) is 1. The van der Waals surface area contributed by atoms with Crippen LogP contribution in [-0.2, 0) is 16.1 Å². The van der Waals surface area contributed by atoms with Crippen LogP contribution < -0.4 is 4.74 Å². The van der Waals surface area contributed by atoms with Gasteiger partial charge < -0.3 is 14.4 Å². The van der Waals surface area contributed by atoms with Crippen molar-refractivity contribution in [3.63, 3.8) is 0 Å². The molecule has 0 bridgehead atoms. The van der Waals surface area contributed by atoms with Crippen LogP contribution in [0, 0.1) is 17.8 Å². The van der Waals surface area contributed by atoms with E-state index in [4.69, 9.17) is 9.47 Å². The molecule has 1 amide bonds. The second-order valence-electron chi connectivity index (χ2n) is 8.73. The molecule has 0 spiro atoms. The summed E-state index contributed by atoms with van der Waals surface area (Å²) in [7, 11) is 1.74. The van der Waals surface area contributed by atoms with Gasteiger partial charge in [0.2, 0.25) is 5.91 Å². The molecular formula is C23H36N2O3. The molecule has 3 rings (SSSR count). The Morgan fingerprint density at radius 2 is 2.00 bits per heavy atom. The van der Waals surface area contributed by atoms with E-state index in [1.54, 1.807) is 7.11 Å². The molecule has 1 atom stereocenters. The van der Waals surface area contributed by atoms with Gasteiger partial charge in [0, 0.05) is 31.8 Å². The fourth-order valence-electron chi connectivity index (χ4n) is 4.40. The topological polar surface area (TPSA) is 42.0 Å². The molecule has 0 aliphatic carbocycles. The highest BCUT2D eigenvalue weighted by molar-refractivity contribution is 5.79. The molecular weight excluding hydrogens is 352 g/mol. The van der Waals surface area contributed by atoms with E-state index < -0.39 is 0 Å². The first-order chi connectivity index (χ1) is 13.6. The van der Waals surface area contributed by atoms with Crippen LogP contribution >= 0.6 is 0 Å². The molecule has 0 saturated carbocycles. The maximum Gasteiger partial charge on any atom is 0.228 e. The van der Waals surface area contributed by atoms with Gasteiger partial charge in [0.1, 0.15) is 5.75 Å². The molecule has 0 N–H and O–H groups in total. The van der Waals surface area contributed by atoms with Gasteiger partial charge in [0.05, 0.1) is 19.6 Å². The Labute approximate surface area is 170 Å². The highest BCUT2D eigenvalue weighted by atomic mass is 16.5. The van der Waals surface area contributed by atoms with Crippen LogP contribution in [0.3, 0.4) is 0 Å². The summed E-state index contributed by atoms with van der Waals surface area (Å²) < 4.78 is 10.9. The van der Waals surface area contributed by atoms with Crippen molar-refractivity contribution >= 4 is 5.91 Å². The molecule has 2 saturated heterocycles. The number of nitrogens with zero attached hydrogens (tertiary/aromatic N) is 2. The molecule has 156 valence electrons. The number of para-hydroxylation sites is 1. The van der Waals surface area contributed by atoms with E-state index in [0.717, 1.165) is 64.3 Å². The maximum absolute atomic E-state index is 13.0. The van der Waals surface area contributed by atoms with Gasteiger partial charge in [-0.2, -0.15) is 0 Å². The third kappa shape index (κ3) is 5.71. The van der Waals surface area contributed by atoms with Crippen molar-refractivity contribution in [2.75, 3.05) is 46.5 Å². The number of carbonyl (C=O) groups is 1. The quantitative estimate of drug-likeness (QED) is 0.684. The Bertz CT molecular complexity index is 620. The summed E-state index contributed by atoms with van der Waals surface area (Å²) in [5.41, 5.74) is 1.25. The summed E-state index contributed by atoms with van der Waals surface area (Å²) in [5.74, 6) is 2.44. The summed E-state index contributed by atoms with van der Waals surface area (Å²) in [6.45, 7) is 10.6. The molecule has 1 aromatic carbocycles. The zero-order valence-electron chi connectivity index (χ0n) is 17.7. The predicted octanol–water partition coefficient (Wildman–Crippen LogP) is 3.43. The van der Waals surface area contributed by atoms with Crippen molar-refractivity contribution in [3.8, 4) is 5.75 Å². The molecule has 5 heteroatoms. The molecule has 2 aliphatic rings. The lowest BCUT2D eigenvalue weighted by Crippen LogP contribution is -2.44. The lowest BCUT2D eigenvalue weighted by atomic mass is 9.94. The minimum atomic E-state index is 0.0735. The monoisotopic (exact) mass is 388 g/mol. The number of ether oxygens (including phenoxy) is 2. The molecule has 0 unspecified atom stereocenters. The highest BCUT2D eigenvalue weighted by Crippen LogP contribution is 2.25. The highest BCUT2D eigenvalue weighted by Gasteiger charge is 2.30. The summed E-state index contributed by atoms with van der Waals surface area (Å²) >= 11 is 0. The molecule has 2 heterocycles. The summed E-state index contributed by atoms with van der Waals surface area (Å²) in [4.78, 5) is 17.6. The van der Waals surface area contributed by atoms with Crippen LogP contribution in [0.5, 0.6) is 5.75 Å². The Kier molecular flexibility index (Phi) is 7.74. The first-order valence-electron chi connectivity index (χ1n) is 10.8.